The molecule has 1 amide bonds. The number of piperidine rings is 1. The molecule has 0 atom stereocenters. The SMILES string of the molecule is CN1CCC(NC(=O)c2cc(C(F)(F)F)cc(C(F)(F)F)c2)(c2ccccc2)CC1.Cl. The van der Waals surface area contributed by atoms with E-state index in [2.05, 4.69) is 5.32 Å². The molecule has 31 heavy (non-hydrogen) atoms. The zero-order valence-electron chi connectivity index (χ0n) is 16.5. The Bertz CT molecular complexity index is 874. The Morgan fingerprint density at radius 3 is 1.84 bits per heavy atom. The molecule has 3 rings (SSSR count). The molecule has 0 aromatic heterocycles. The van der Waals surface area contributed by atoms with Crippen molar-refractivity contribution in [3.05, 3.63) is 70.8 Å². The smallest absolute Gasteiger partial charge is 0.342 e. The number of alkyl halides is 6. The fourth-order valence-electron chi connectivity index (χ4n) is 3.62. The number of nitrogens with zero attached hydrogens (tertiary/aromatic N) is 1. The number of benzene rings is 2. The summed E-state index contributed by atoms with van der Waals surface area (Å²) in [6.45, 7) is 1.23. The predicted octanol–water partition coefficient (Wildman–Crippen LogP) is 5.50. The second-order valence-corrected chi connectivity index (χ2v) is 7.50. The fraction of sp³-hybridized carbons (Fsp3) is 0.381. The van der Waals surface area contributed by atoms with Gasteiger partial charge in [0.15, 0.2) is 0 Å². The van der Waals surface area contributed by atoms with Crippen LogP contribution < -0.4 is 5.32 Å². The molecular weight excluding hydrogens is 446 g/mol. The first-order valence-electron chi connectivity index (χ1n) is 9.27. The Kier molecular flexibility index (Phi) is 7.32. The Labute approximate surface area is 181 Å². The van der Waals surface area contributed by atoms with Crippen molar-refractivity contribution in [1.82, 2.24) is 10.2 Å². The molecule has 0 radical (unpaired) electrons. The molecule has 1 saturated heterocycles. The molecule has 170 valence electrons. The van der Waals surface area contributed by atoms with Crippen LogP contribution in [0.5, 0.6) is 0 Å². The van der Waals surface area contributed by atoms with E-state index < -0.39 is 40.5 Å². The van der Waals surface area contributed by atoms with Gasteiger partial charge in [0.25, 0.3) is 5.91 Å². The Balaban J connectivity index is 0.00000341. The van der Waals surface area contributed by atoms with Gasteiger partial charge in [-0.05, 0) is 43.7 Å². The fourth-order valence-corrected chi connectivity index (χ4v) is 3.62. The molecule has 1 heterocycles. The standard InChI is InChI=1S/C21H20F6N2O.ClH/c1-29-9-7-19(8-10-29,15-5-3-2-4-6-15)28-18(30)14-11-16(20(22,23)24)13-17(12-14)21(25,26)27;/h2-6,11-13H,7-10H2,1H3,(H,28,30);1H. The van der Waals surface area contributed by atoms with Gasteiger partial charge >= 0.3 is 12.4 Å². The number of carbonyl (C=O) groups is 1. The molecular formula is C21H21ClF6N2O. The van der Waals surface area contributed by atoms with E-state index in [1.165, 1.54) is 0 Å². The molecule has 1 N–H and O–H groups in total. The van der Waals surface area contributed by atoms with E-state index in [0.717, 1.165) is 5.56 Å². The van der Waals surface area contributed by atoms with E-state index in [4.69, 9.17) is 0 Å². The summed E-state index contributed by atoms with van der Waals surface area (Å²) in [5.74, 6) is -0.972. The molecule has 1 fully saturated rings. The maximum absolute atomic E-state index is 13.1. The van der Waals surface area contributed by atoms with E-state index >= 15 is 0 Å². The summed E-state index contributed by atoms with van der Waals surface area (Å²) in [6.07, 6.45) is -9.07. The van der Waals surface area contributed by atoms with Gasteiger partial charge in [0.05, 0.1) is 16.7 Å². The van der Waals surface area contributed by atoms with Crippen LogP contribution in [0.3, 0.4) is 0 Å². The van der Waals surface area contributed by atoms with Crippen LogP contribution in [0.25, 0.3) is 0 Å². The van der Waals surface area contributed by atoms with Gasteiger partial charge in [0.2, 0.25) is 0 Å². The van der Waals surface area contributed by atoms with Crippen molar-refractivity contribution in [3.8, 4) is 0 Å². The van der Waals surface area contributed by atoms with Crippen LogP contribution in [0.1, 0.15) is 39.9 Å². The van der Waals surface area contributed by atoms with Gasteiger partial charge < -0.3 is 10.2 Å². The molecule has 0 bridgehead atoms. The lowest BCUT2D eigenvalue weighted by atomic mass is 9.80. The van der Waals surface area contributed by atoms with Crippen LogP contribution in [0.4, 0.5) is 26.3 Å². The highest BCUT2D eigenvalue weighted by Crippen LogP contribution is 2.37. The third kappa shape index (κ3) is 5.71. The van der Waals surface area contributed by atoms with Crippen LogP contribution in [0.15, 0.2) is 48.5 Å². The number of likely N-dealkylation sites (tertiary alicyclic amines) is 1. The summed E-state index contributed by atoms with van der Waals surface area (Å²) >= 11 is 0. The lowest BCUT2D eigenvalue weighted by Gasteiger charge is -2.42. The predicted molar refractivity (Wildman–Crippen MR) is 106 cm³/mol. The van der Waals surface area contributed by atoms with Crippen molar-refractivity contribution in [2.75, 3.05) is 20.1 Å². The minimum atomic E-state index is -5.01. The topological polar surface area (TPSA) is 32.3 Å². The zero-order valence-corrected chi connectivity index (χ0v) is 17.3. The summed E-state index contributed by atoms with van der Waals surface area (Å²) in [5.41, 5.74) is -3.82. The number of carbonyl (C=O) groups excluding carboxylic acids is 1. The van der Waals surface area contributed by atoms with E-state index in [-0.39, 0.29) is 18.5 Å². The number of hydrogen-bond donors (Lipinski definition) is 1. The van der Waals surface area contributed by atoms with Crippen molar-refractivity contribution in [2.45, 2.75) is 30.7 Å². The van der Waals surface area contributed by atoms with Crippen LogP contribution in [-0.4, -0.2) is 30.9 Å². The molecule has 10 heteroatoms. The average molecular weight is 467 g/mol. The first kappa shape index (κ1) is 25.0. The van der Waals surface area contributed by atoms with Crippen LogP contribution in [-0.2, 0) is 17.9 Å². The Morgan fingerprint density at radius 2 is 1.39 bits per heavy atom. The normalized spacial score (nSPS) is 17.0. The van der Waals surface area contributed by atoms with Gasteiger partial charge in [-0.3, -0.25) is 4.79 Å². The lowest BCUT2D eigenvalue weighted by molar-refractivity contribution is -0.143. The second-order valence-electron chi connectivity index (χ2n) is 7.50. The molecule has 2 aromatic rings. The Morgan fingerprint density at radius 1 is 0.903 bits per heavy atom. The van der Waals surface area contributed by atoms with Crippen LogP contribution in [0.2, 0.25) is 0 Å². The highest BCUT2D eigenvalue weighted by Gasteiger charge is 2.40. The number of rotatable bonds is 3. The summed E-state index contributed by atoms with van der Waals surface area (Å²) < 4.78 is 78.8. The second kappa shape index (κ2) is 9.08. The summed E-state index contributed by atoms with van der Waals surface area (Å²) in [7, 11) is 1.90. The highest BCUT2D eigenvalue weighted by molar-refractivity contribution is 5.95. The molecule has 0 spiro atoms. The van der Waals surface area contributed by atoms with Gasteiger partial charge in [-0.15, -0.1) is 12.4 Å². The maximum atomic E-state index is 13.1. The van der Waals surface area contributed by atoms with Crippen molar-refractivity contribution in [3.63, 3.8) is 0 Å². The van der Waals surface area contributed by atoms with E-state index in [9.17, 15) is 31.1 Å². The zero-order chi connectivity index (χ0) is 22.2. The molecule has 1 aliphatic rings. The van der Waals surface area contributed by atoms with Gasteiger partial charge in [-0.25, -0.2) is 0 Å². The summed E-state index contributed by atoms with van der Waals surface area (Å²) in [5, 5.41) is 2.74. The summed E-state index contributed by atoms with van der Waals surface area (Å²) in [4.78, 5) is 14.9. The summed E-state index contributed by atoms with van der Waals surface area (Å²) in [6, 6.07) is 9.84. The minimum Gasteiger partial charge on any atom is -0.342 e. The third-order valence-corrected chi connectivity index (χ3v) is 5.37. The van der Waals surface area contributed by atoms with Crippen molar-refractivity contribution >= 4 is 18.3 Å². The molecule has 1 aliphatic heterocycles. The van der Waals surface area contributed by atoms with Crippen LogP contribution in [0, 0.1) is 0 Å². The van der Waals surface area contributed by atoms with Gasteiger partial charge in [0, 0.05) is 18.7 Å². The highest BCUT2D eigenvalue weighted by atomic mass is 35.5. The van der Waals surface area contributed by atoms with E-state index in [0.29, 0.717) is 38.1 Å². The lowest BCUT2D eigenvalue weighted by Crippen LogP contribution is -2.52. The van der Waals surface area contributed by atoms with Crippen molar-refractivity contribution < 1.29 is 31.1 Å². The first-order chi connectivity index (χ1) is 13.9. The largest absolute Gasteiger partial charge is 0.416 e. The van der Waals surface area contributed by atoms with Gasteiger partial charge in [-0.2, -0.15) is 26.3 Å². The number of halogens is 7. The maximum Gasteiger partial charge on any atom is 0.416 e. The number of nitrogens with one attached hydrogen (secondary N) is 1. The minimum absolute atomic E-state index is 0. The van der Waals surface area contributed by atoms with Crippen LogP contribution >= 0.6 is 12.4 Å². The average Bonchev–Trinajstić information content (AvgIpc) is 2.69. The van der Waals surface area contributed by atoms with E-state index in [1.54, 1.807) is 30.3 Å². The first-order valence-corrected chi connectivity index (χ1v) is 9.27. The number of amides is 1. The quantitative estimate of drug-likeness (QED) is 0.606. The number of hydrogen-bond acceptors (Lipinski definition) is 2. The van der Waals surface area contributed by atoms with Crippen molar-refractivity contribution in [2.24, 2.45) is 0 Å². The molecule has 0 aliphatic carbocycles. The monoisotopic (exact) mass is 466 g/mol. The third-order valence-electron chi connectivity index (χ3n) is 5.37. The van der Waals surface area contributed by atoms with E-state index in [1.807, 2.05) is 11.9 Å². The molecule has 0 saturated carbocycles. The molecule has 3 nitrogen and oxygen atoms in total. The van der Waals surface area contributed by atoms with Gasteiger partial charge in [-0.1, -0.05) is 30.3 Å². The molecule has 0 unspecified atom stereocenters. The van der Waals surface area contributed by atoms with Crippen molar-refractivity contribution in [1.29, 1.82) is 0 Å². The van der Waals surface area contributed by atoms with Gasteiger partial charge in [0.1, 0.15) is 0 Å². The molecule has 2 aromatic carbocycles. The Hall–Kier alpha value is -2.26.